The highest BCUT2D eigenvalue weighted by Crippen LogP contribution is 2.18. The monoisotopic (exact) mass is 332 g/mol. The normalized spacial score (nSPS) is 10.7. The summed E-state index contributed by atoms with van der Waals surface area (Å²) in [4.78, 5) is 23.3. The van der Waals surface area contributed by atoms with Gasteiger partial charge in [-0.2, -0.15) is 4.39 Å². The number of carbonyl (C=O) groups excluding carboxylic acids is 1. The van der Waals surface area contributed by atoms with Crippen molar-refractivity contribution in [3.63, 3.8) is 0 Å². The lowest BCUT2D eigenvalue weighted by Gasteiger charge is -2.13. The van der Waals surface area contributed by atoms with E-state index < -0.39 is 22.3 Å². The van der Waals surface area contributed by atoms with Crippen molar-refractivity contribution in [1.82, 2.24) is 5.32 Å². The van der Waals surface area contributed by atoms with E-state index in [1.165, 1.54) is 11.0 Å². The number of nitro benzene ring substituents is 1. The first-order valence-corrected chi connectivity index (χ1v) is 7.46. The van der Waals surface area contributed by atoms with E-state index in [1.807, 2.05) is 38.4 Å². The maximum absolute atomic E-state index is 13.3. The zero-order chi connectivity index (χ0) is 17.7. The molecule has 2 aromatic carbocycles. The van der Waals surface area contributed by atoms with Gasteiger partial charge in [0, 0.05) is 23.7 Å². The van der Waals surface area contributed by atoms with Gasteiger partial charge in [0.2, 0.25) is 5.82 Å². The molecule has 0 unspecified atom stereocenters. The van der Waals surface area contributed by atoms with Gasteiger partial charge in [0.25, 0.3) is 5.91 Å². The van der Waals surface area contributed by atoms with Crippen molar-refractivity contribution in [1.29, 1.82) is 0 Å². The Bertz CT molecular complexity index is 762. The predicted octanol–water partition coefficient (Wildman–Crippen LogP) is 1.31. The van der Waals surface area contributed by atoms with Crippen LogP contribution in [0.15, 0.2) is 42.5 Å². The number of hydrogen-bond acceptors (Lipinski definition) is 3. The van der Waals surface area contributed by atoms with E-state index in [4.69, 9.17) is 0 Å². The van der Waals surface area contributed by atoms with Crippen molar-refractivity contribution < 1.29 is 19.0 Å². The van der Waals surface area contributed by atoms with Gasteiger partial charge >= 0.3 is 5.69 Å². The van der Waals surface area contributed by atoms with E-state index in [0.717, 1.165) is 29.8 Å². The molecule has 0 bridgehead atoms. The minimum absolute atomic E-state index is 0.0545. The number of halogens is 1. The summed E-state index contributed by atoms with van der Waals surface area (Å²) in [5.41, 5.74) is 1.43. The van der Waals surface area contributed by atoms with Gasteiger partial charge in [-0.25, -0.2) is 0 Å². The van der Waals surface area contributed by atoms with Crippen LogP contribution in [-0.2, 0) is 13.1 Å². The standard InChI is InChI=1S/C17H18FN3O3/c1-20(2)11-14-6-4-3-5-13(14)10-19-17(22)12-7-8-15(18)16(9-12)21(23)24/h3-9H,10-11H2,1-2H3,(H,19,22)/p+1. The lowest BCUT2D eigenvalue weighted by molar-refractivity contribution is -0.872. The van der Waals surface area contributed by atoms with Crippen LogP contribution in [0.3, 0.4) is 0 Å². The summed E-state index contributed by atoms with van der Waals surface area (Å²) in [6.07, 6.45) is 0. The lowest BCUT2D eigenvalue weighted by atomic mass is 10.1. The summed E-state index contributed by atoms with van der Waals surface area (Å²) in [6.45, 7) is 1.11. The fraction of sp³-hybridized carbons (Fsp3) is 0.235. The Morgan fingerprint density at radius 1 is 1.21 bits per heavy atom. The summed E-state index contributed by atoms with van der Waals surface area (Å²) in [5, 5.41) is 13.5. The molecule has 0 radical (unpaired) electrons. The molecular weight excluding hydrogens is 313 g/mol. The predicted molar refractivity (Wildman–Crippen MR) is 87.2 cm³/mol. The largest absolute Gasteiger partial charge is 0.348 e. The van der Waals surface area contributed by atoms with Crippen LogP contribution in [-0.4, -0.2) is 24.9 Å². The van der Waals surface area contributed by atoms with E-state index in [-0.39, 0.29) is 5.56 Å². The molecule has 0 saturated carbocycles. The first kappa shape index (κ1) is 17.6. The highest BCUT2D eigenvalue weighted by Gasteiger charge is 2.17. The van der Waals surface area contributed by atoms with E-state index in [1.54, 1.807) is 0 Å². The molecule has 6 nitrogen and oxygen atoms in total. The van der Waals surface area contributed by atoms with Crippen molar-refractivity contribution >= 4 is 11.6 Å². The summed E-state index contributed by atoms with van der Waals surface area (Å²) in [7, 11) is 4.07. The molecule has 0 aliphatic heterocycles. The Labute approximate surface area is 139 Å². The topological polar surface area (TPSA) is 76.7 Å². The van der Waals surface area contributed by atoms with Gasteiger partial charge in [-0.15, -0.1) is 0 Å². The number of hydrogen-bond donors (Lipinski definition) is 2. The Morgan fingerprint density at radius 2 is 1.88 bits per heavy atom. The molecule has 0 spiro atoms. The Hall–Kier alpha value is -2.80. The number of quaternary nitrogens is 1. The molecular formula is C17H19FN3O3+. The number of benzene rings is 2. The van der Waals surface area contributed by atoms with Crippen LogP contribution in [0, 0.1) is 15.9 Å². The molecule has 0 fully saturated rings. The minimum atomic E-state index is -0.962. The summed E-state index contributed by atoms with van der Waals surface area (Å²) >= 11 is 0. The molecule has 0 aliphatic rings. The van der Waals surface area contributed by atoms with Gasteiger partial charge in [0.15, 0.2) is 0 Å². The molecule has 1 amide bonds. The quantitative estimate of drug-likeness (QED) is 0.618. The second-order valence-electron chi connectivity index (χ2n) is 5.76. The number of rotatable bonds is 6. The van der Waals surface area contributed by atoms with Crippen LogP contribution in [0.25, 0.3) is 0 Å². The van der Waals surface area contributed by atoms with Gasteiger partial charge in [0.1, 0.15) is 6.54 Å². The van der Waals surface area contributed by atoms with Gasteiger partial charge in [-0.3, -0.25) is 14.9 Å². The number of nitro groups is 1. The van der Waals surface area contributed by atoms with E-state index in [9.17, 15) is 19.3 Å². The number of carbonyl (C=O) groups is 1. The fourth-order valence-electron chi connectivity index (χ4n) is 2.35. The van der Waals surface area contributed by atoms with E-state index in [2.05, 4.69) is 5.32 Å². The third-order valence-electron chi connectivity index (χ3n) is 3.51. The summed E-state index contributed by atoms with van der Waals surface area (Å²) in [6, 6.07) is 10.8. The van der Waals surface area contributed by atoms with Crippen LogP contribution in [0.1, 0.15) is 21.5 Å². The van der Waals surface area contributed by atoms with Crippen LogP contribution in [0.5, 0.6) is 0 Å². The molecule has 7 heteroatoms. The van der Waals surface area contributed by atoms with Gasteiger partial charge in [-0.05, 0) is 17.7 Å². The number of nitrogens with one attached hydrogen (secondary N) is 2. The number of nitrogens with zero attached hydrogens (tertiary/aromatic N) is 1. The molecule has 0 aliphatic carbocycles. The van der Waals surface area contributed by atoms with Gasteiger partial charge in [0.05, 0.1) is 19.0 Å². The zero-order valence-electron chi connectivity index (χ0n) is 13.5. The Kier molecular flexibility index (Phi) is 5.59. The maximum atomic E-state index is 13.3. The molecule has 126 valence electrons. The molecule has 2 aromatic rings. The molecule has 0 saturated heterocycles. The van der Waals surface area contributed by atoms with Crippen LogP contribution in [0.2, 0.25) is 0 Å². The highest BCUT2D eigenvalue weighted by atomic mass is 19.1. The molecule has 0 heterocycles. The van der Waals surface area contributed by atoms with Crippen LogP contribution < -0.4 is 10.2 Å². The van der Waals surface area contributed by atoms with E-state index >= 15 is 0 Å². The van der Waals surface area contributed by atoms with Crippen molar-refractivity contribution in [2.75, 3.05) is 14.1 Å². The minimum Gasteiger partial charge on any atom is -0.348 e. The lowest BCUT2D eigenvalue weighted by Crippen LogP contribution is -3.04. The van der Waals surface area contributed by atoms with Crippen molar-refractivity contribution in [3.8, 4) is 0 Å². The smallest absolute Gasteiger partial charge is 0.305 e. The van der Waals surface area contributed by atoms with E-state index in [0.29, 0.717) is 6.54 Å². The molecule has 0 aromatic heterocycles. The number of amides is 1. The maximum Gasteiger partial charge on any atom is 0.305 e. The van der Waals surface area contributed by atoms with Gasteiger partial charge < -0.3 is 10.2 Å². The second-order valence-corrected chi connectivity index (χ2v) is 5.76. The van der Waals surface area contributed by atoms with Crippen LogP contribution in [0.4, 0.5) is 10.1 Å². The summed E-state index contributed by atoms with van der Waals surface area (Å²) in [5.74, 6) is -1.44. The van der Waals surface area contributed by atoms with Crippen molar-refractivity contribution in [2.24, 2.45) is 0 Å². The van der Waals surface area contributed by atoms with Gasteiger partial charge in [-0.1, -0.05) is 24.3 Å². The summed E-state index contributed by atoms with van der Waals surface area (Å²) < 4.78 is 13.3. The molecule has 2 N–H and O–H groups in total. The zero-order valence-corrected chi connectivity index (χ0v) is 13.5. The van der Waals surface area contributed by atoms with Crippen molar-refractivity contribution in [2.45, 2.75) is 13.1 Å². The highest BCUT2D eigenvalue weighted by molar-refractivity contribution is 5.94. The average molecular weight is 332 g/mol. The molecule has 2 rings (SSSR count). The molecule has 0 atom stereocenters. The SMILES string of the molecule is C[NH+](C)Cc1ccccc1CNC(=O)c1ccc(F)c([N+](=O)[O-])c1. The Balaban J connectivity index is 2.12. The fourth-order valence-corrected chi connectivity index (χ4v) is 2.35. The average Bonchev–Trinajstić information content (AvgIpc) is 2.53. The second kappa shape index (κ2) is 7.65. The van der Waals surface area contributed by atoms with Crippen LogP contribution >= 0.6 is 0 Å². The van der Waals surface area contributed by atoms with Crippen molar-refractivity contribution in [3.05, 3.63) is 75.1 Å². The first-order valence-electron chi connectivity index (χ1n) is 7.46. The molecule has 24 heavy (non-hydrogen) atoms. The third kappa shape index (κ3) is 4.36. The third-order valence-corrected chi connectivity index (χ3v) is 3.51. The first-order chi connectivity index (χ1) is 11.4. The Morgan fingerprint density at radius 3 is 2.50 bits per heavy atom.